The summed E-state index contributed by atoms with van der Waals surface area (Å²) < 4.78 is -0.165. The minimum absolute atomic E-state index is 0.165. The van der Waals surface area contributed by atoms with Crippen LogP contribution in [0.4, 0.5) is 0 Å². The highest BCUT2D eigenvalue weighted by molar-refractivity contribution is 8.17. The number of rotatable bonds is 7. The predicted octanol–water partition coefficient (Wildman–Crippen LogP) is 2.86. The first-order valence-corrected chi connectivity index (χ1v) is 8.74. The molecular formula is C10H24O3PS+. The van der Waals surface area contributed by atoms with Crippen LogP contribution >= 0.6 is 6.72 Å². The molecule has 3 N–H and O–H groups in total. The Kier molecular flexibility index (Phi) is 7.22. The third-order valence-electron chi connectivity index (χ3n) is 2.84. The molecule has 5 heteroatoms. The van der Waals surface area contributed by atoms with Crippen molar-refractivity contribution < 1.29 is 14.7 Å². The Morgan fingerprint density at radius 3 is 1.87 bits per heavy atom. The molecule has 0 aliphatic carbocycles. The number of hydrogen-bond donors (Lipinski definition) is 3. The van der Waals surface area contributed by atoms with Crippen molar-refractivity contribution in [2.24, 2.45) is 0 Å². The molecule has 0 rings (SSSR count). The van der Waals surface area contributed by atoms with E-state index in [1.165, 1.54) is 0 Å². The smallest absolute Gasteiger partial charge is 0.290 e. The molecular weight excluding hydrogens is 231 g/mol. The van der Waals surface area contributed by atoms with Crippen molar-refractivity contribution in [3.8, 4) is 0 Å². The highest BCUT2D eigenvalue weighted by atomic mass is 32.5. The van der Waals surface area contributed by atoms with E-state index < -0.39 is 6.72 Å². The van der Waals surface area contributed by atoms with E-state index in [4.69, 9.17) is 14.7 Å². The summed E-state index contributed by atoms with van der Waals surface area (Å²) in [6.07, 6.45) is 6.08. The van der Waals surface area contributed by atoms with Gasteiger partial charge in [0.1, 0.15) is 0 Å². The molecule has 0 atom stereocenters. The molecule has 0 amide bonds. The zero-order valence-electron chi connectivity index (χ0n) is 9.94. The molecule has 0 saturated heterocycles. The van der Waals surface area contributed by atoms with Crippen LogP contribution in [0.25, 0.3) is 0 Å². The molecule has 0 aliphatic rings. The highest BCUT2D eigenvalue weighted by Gasteiger charge is 2.41. The fourth-order valence-corrected chi connectivity index (χ4v) is 5.36. The van der Waals surface area contributed by atoms with Crippen molar-refractivity contribution in [1.29, 1.82) is 0 Å². The van der Waals surface area contributed by atoms with Crippen LogP contribution in [0.2, 0.25) is 0 Å². The molecule has 0 aromatic heterocycles. The summed E-state index contributed by atoms with van der Waals surface area (Å²) in [5.74, 6) is 0. The van der Waals surface area contributed by atoms with E-state index in [9.17, 15) is 0 Å². The van der Waals surface area contributed by atoms with Gasteiger partial charge in [0.25, 0.3) is 0 Å². The monoisotopic (exact) mass is 255 g/mol. The first-order chi connectivity index (χ1) is 6.89. The Morgan fingerprint density at radius 1 is 1.00 bits per heavy atom. The summed E-state index contributed by atoms with van der Waals surface area (Å²) >= 11 is 0. The van der Waals surface area contributed by atoms with Crippen LogP contribution in [0.15, 0.2) is 0 Å². The summed E-state index contributed by atoms with van der Waals surface area (Å²) in [6.45, 7) is 2.52. The Morgan fingerprint density at radius 2 is 1.53 bits per heavy atom. The second kappa shape index (κ2) is 6.97. The SMILES string of the molecule is CCCCCC(CC)(CC)[S+]=P(O)(O)O. The standard InChI is InChI=1S/C10H24O3PS/c1-4-7-8-9-10(5-2,6-3)15-14(11,12)13/h11-13H,4-9H2,1-3H3/q+1. The molecule has 0 aromatic carbocycles. The highest BCUT2D eigenvalue weighted by Crippen LogP contribution is 2.39. The van der Waals surface area contributed by atoms with Crippen LogP contribution in [0.5, 0.6) is 0 Å². The van der Waals surface area contributed by atoms with Crippen LogP contribution in [0.3, 0.4) is 0 Å². The molecule has 0 bridgehead atoms. The predicted molar refractivity (Wildman–Crippen MR) is 68.4 cm³/mol. The van der Waals surface area contributed by atoms with Gasteiger partial charge in [0.2, 0.25) is 10.9 Å². The largest absolute Gasteiger partial charge is 0.515 e. The van der Waals surface area contributed by atoms with E-state index in [0.717, 1.165) is 49.5 Å². The van der Waals surface area contributed by atoms with Gasteiger partial charge in [-0.15, -0.1) is 0 Å². The lowest BCUT2D eigenvalue weighted by molar-refractivity contribution is 0.361. The second-order valence-corrected chi connectivity index (χ2v) is 8.04. The fraction of sp³-hybridized carbons (Fsp3) is 1.00. The lowest BCUT2D eigenvalue weighted by Crippen LogP contribution is -2.26. The molecule has 0 aliphatic heterocycles. The van der Waals surface area contributed by atoms with E-state index >= 15 is 0 Å². The van der Waals surface area contributed by atoms with Crippen LogP contribution in [-0.2, 0) is 10.9 Å². The van der Waals surface area contributed by atoms with Gasteiger partial charge in [0.15, 0.2) is 4.75 Å². The summed E-state index contributed by atoms with van der Waals surface area (Å²) in [6, 6.07) is 0. The van der Waals surface area contributed by atoms with Gasteiger partial charge < -0.3 is 0 Å². The Hall–Kier alpha value is 0.530. The maximum Gasteiger partial charge on any atom is 0.515 e. The van der Waals surface area contributed by atoms with E-state index in [0.29, 0.717) is 0 Å². The van der Waals surface area contributed by atoms with Crippen molar-refractivity contribution in [2.75, 3.05) is 0 Å². The van der Waals surface area contributed by atoms with Crippen LogP contribution < -0.4 is 0 Å². The summed E-state index contributed by atoms with van der Waals surface area (Å²) in [5.41, 5.74) is 0. The normalized spacial score (nSPS) is 12.9. The lowest BCUT2D eigenvalue weighted by Gasteiger charge is -2.17. The van der Waals surface area contributed by atoms with Crippen LogP contribution in [0.1, 0.15) is 59.3 Å². The molecule has 0 heterocycles. The van der Waals surface area contributed by atoms with Gasteiger partial charge in [-0.2, -0.15) is 0 Å². The van der Waals surface area contributed by atoms with Gasteiger partial charge in [-0.05, 0) is 6.42 Å². The quantitative estimate of drug-likeness (QED) is 0.372. The number of unbranched alkanes of at least 4 members (excludes halogenated alkanes) is 2. The van der Waals surface area contributed by atoms with E-state index in [2.05, 4.69) is 6.92 Å². The molecule has 0 fully saturated rings. The zero-order chi connectivity index (χ0) is 11.9. The first-order valence-electron chi connectivity index (χ1n) is 5.67. The molecule has 3 nitrogen and oxygen atoms in total. The summed E-state index contributed by atoms with van der Waals surface area (Å²) in [7, 11) is 0.978. The molecule has 92 valence electrons. The van der Waals surface area contributed by atoms with Gasteiger partial charge in [-0.3, -0.25) is 14.7 Å². The van der Waals surface area contributed by atoms with Gasteiger partial charge in [-0.1, -0.05) is 33.6 Å². The molecule has 15 heavy (non-hydrogen) atoms. The van der Waals surface area contributed by atoms with Crippen molar-refractivity contribution in [1.82, 2.24) is 0 Å². The maximum absolute atomic E-state index is 9.16. The average Bonchev–Trinajstić information content (AvgIpc) is 2.15. The average molecular weight is 255 g/mol. The Balaban J connectivity index is 4.59. The maximum atomic E-state index is 9.16. The minimum atomic E-state index is -3.70. The summed E-state index contributed by atoms with van der Waals surface area (Å²) in [5, 5.41) is 0. The van der Waals surface area contributed by atoms with E-state index in [1.54, 1.807) is 0 Å². The molecule has 0 radical (unpaired) electrons. The van der Waals surface area contributed by atoms with Gasteiger partial charge in [0.05, 0.1) is 0 Å². The molecule has 0 aromatic rings. The van der Waals surface area contributed by atoms with Crippen molar-refractivity contribution in [3.63, 3.8) is 0 Å². The van der Waals surface area contributed by atoms with Gasteiger partial charge in [-0.25, -0.2) is 0 Å². The lowest BCUT2D eigenvalue weighted by atomic mass is 9.95. The van der Waals surface area contributed by atoms with Crippen molar-refractivity contribution in [3.05, 3.63) is 0 Å². The van der Waals surface area contributed by atoms with E-state index in [-0.39, 0.29) is 4.75 Å². The second-order valence-electron chi connectivity index (χ2n) is 3.95. The minimum Gasteiger partial charge on any atom is -0.290 e. The Bertz CT molecular complexity index is 212. The third kappa shape index (κ3) is 6.64. The third-order valence-corrected chi connectivity index (χ3v) is 6.15. The first kappa shape index (κ1) is 15.5. The molecule has 0 spiro atoms. The van der Waals surface area contributed by atoms with Crippen molar-refractivity contribution in [2.45, 2.75) is 64.0 Å². The fourth-order valence-electron chi connectivity index (χ4n) is 1.74. The molecule has 0 saturated carbocycles. The van der Waals surface area contributed by atoms with E-state index in [1.807, 2.05) is 13.8 Å². The van der Waals surface area contributed by atoms with Crippen LogP contribution in [-0.4, -0.2) is 19.4 Å². The van der Waals surface area contributed by atoms with Gasteiger partial charge in [0, 0.05) is 19.3 Å². The summed E-state index contributed by atoms with van der Waals surface area (Å²) in [4.78, 5) is 27.5. The molecule has 0 unspecified atom stereocenters. The van der Waals surface area contributed by atoms with Crippen LogP contribution in [0, 0.1) is 0 Å². The van der Waals surface area contributed by atoms with Gasteiger partial charge >= 0.3 is 6.72 Å². The Labute approximate surface area is 96.8 Å². The van der Waals surface area contributed by atoms with Crippen molar-refractivity contribution >= 4 is 17.7 Å². The topological polar surface area (TPSA) is 60.7 Å². The zero-order valence-corrected chi connectivity index (χ0v) is 11.7. The number of hydrogen-bond acceptors (Lipinski definition) is 0.